The Bertz CT molecular complexity index is 366. The van der Waals surface area contributed by atoms with Gasteiger partial charge in [-0.2, -0.15) is 0 Å². The molecule has 0 aromatic carbocycles. The van der Waals surface area contributed by atoms with Crippen molar-refractivity contribution in [2.75, 3.05) is 6.61 Å². The largest absolute Gasteiger partial charge is 0.457 e. The van der Waals surface area contributed by atoms with E-state index in [-0.39, 0.29) is 6.61 Å². The van der Waals surface area contributed by atoms with Crippen molar-refractivity contribution in [2.24, 2.45) is 0 Å². The summed E-state index contributed by atoms with van der Waals surface area (Å²) >= 11 is 0. The molecule has 0 aliphatic carbocycles. The second-order valence-electron chi connectivity index (χ2n) is 4.02. The van der Waals surface area contributed by atoms with E-state index in [1.807, 2.05) is 0 Å². The molecule has 1 fully saturated rings. The molecule has 0 spiro atoms. The van der Waals surface area contributed by atoms with E-state index < -0.39 is 42.5 Å². The molecular weight excluding hydrogens is 260 g/mol. The number of carbonyl (C=O) groups is 3. The number of hydrogen-bond acceptors (Lipinski definition) is 8. The maximum absolute atomic E-state index is 11.0. The van der Waals surface area contributed by atoms with Gasteiger partial charge in [-0.1, -0.05) is 0 Å². The summed E-state index contributed by atoms with van der Waals surface area (Å²) in [4.78, 5) is 32.7. The number of esters is 3. The molecular formula is C11H16O8. The molecule has 0 aromatic heterocycles. The Morgan fingerprint density at radius 3 is 2.00 bits per heavy atom. The predicted molar refractivity (Wildman–Crippen MR) is 58.6 cm³/mol. The van der Waals surface area contributed by atoms with Crippen LogP contribution in [0.3, 0.4) is 0 Å². The maximum Gasteiger partial charge on any atom is 0.305 e. The quantitative estimate of drug-likeness (QED) is 0.523. The number of ether oxygens (including phenoxy) is 4. The first-order valence-corrected chi connectivity index (χ1v) is 5.62. The summed E-state index contributed by atoms with van der Waals surface area (Å²) in [5.74, 6) is -1.95. The fraction of sp³-hybridized carbons (Fsp3) is 0.727. The first-order chi connectivity index (χ1) is 8.81. The van der Waals surface area contributed by atoms with Crippen LogP contribution in [0.4, 0.5) is 0 Å². The molecule has 0 saturated carbocycles. The lowest BCUT2D eigenvalue weighted by Gasteiger charge is -2.37. The van der Waals surface area contributed by atoms with Gasteiger partial charge in [0.05, 0.1) is 6.61 Å². The third kappa shape index (κ3) is 4.49. The molecule has 0 amide bonds. The molecule has 1 rings (SSSR count). The minimum atomic E-state index is -1.34. The van der Waals surface area contributed by atoms with E-state index in [0.29, 0.717) is 0 Å². The topological polar surface area (TPSA) is 108 Å². The fourth-order valence-corrected chi connectivity index (χ4v) is 1.65. The minimum Gasteiger partial charge on any atom is -0.457 e. The number of rotatable bonds is 3. The Morgan fingerprint density at radius 2 is 1.53 bits per heavy atom. The van der Waals surface area contributed by atoms with Crippen LogP contribution >= 0.6 is 0 Å². The highest BCUT2D eigenvalue weighted by Gasteiger charge is 2.45. The first kappa shape index (κ1) is 15.4. The molecule has 1 heterocycles. The molecule has 0 unspecified atom stereocenters. The van der Waals surface area contributed by atoms with E-state index in [1.54, 1.807) is 0 Å². The van der Waals surface area contributed by atoms with E-state index in [0.717, 1.165) is 13.8 Å². The zero-order valence-electron chi connectivity index (χ0n) is 10.8. The average molecular weight is 276 g/mol. The summed E-state index contributed by atoms with van der Waals surface area (Å²) < 4.78 is 19.6. The molecule has 0 bridgehead atoms. The van der Waals surface area contributed by atoms with Gasteiger partial charge in [-0.3, -0.25) is 14.4 Å². The zero-order valence-corrected chi connectivity index (χ0v) is 10.8. The van der Waals surface area contributed by atoms with Crippen molar-refractivity contribution in [1.29, 1.82) is 0 Å². The first-order valence-electron chi connectivity index (χ1n) is 5.62. The monoisotopic (exact) mass is 276 g/mol. The van der Waals surface area contributed by atoms with Crippen LogP contribution < -0.4 is 0 Å². The van der Waals surface area contributed by atoms with E-state index in [1.165, 1.54) is 6.92 Å². The van der Waals surface area contributed by atoms with E-state index in [4.69, 9.17) is 18.9 Å². The lowest BCUT2D eigenvalue weighted by molar-refractivity contribution is -0.270. The van der Waals surface area contributed by atoms with Gasteiger partial charge in [-0.05, 0) is 0 Å². The van der Waals surface area contributed by atoms with Gasteiger partial charge >= 0.3 is 17.9 Å². The van der Waals surface area contributed by atoms with Crippen molar-refractivity contribution < 1.29 is 38.4 Å². The smallest absolute Gasteiger partial charge is 0.305 e. The Hall–Kier alpha value is -1.67. The molecule has 1 aliphatic rings. The fourth-order valence-electron chi connectivity index (χ4n) is 1.65. The second kappa shape index (κ2) is 6.48. The van der Waals surface area contributed by atoms with Gasteiger partial charge in [-0.25, -0.2) is 0 Å². The van der Waals surface area contributed by atoms with E-state index in [9.17, 15) is 19.5 Å². The molecule has 19 heavy (non-hydrogen) atoms. The third-order valence-corrected chi connectivity index (χ3v) is 2.31. The van der Waals surface area contributed by atoms with Crippen molar-refractivity contribution in [1.82, 2.24) is 0 Å². The Balaban J connectivity index is 2.79. The molecule has 8 heteroatoms. The van der Waals surface area contributed by atoms with Crippen LogP contribution in [-0.2, 0) is 33.3 Å². The summed E-state index contributed by atoms with van der Waals surface area (Å²) in [6.07, 6.45) is -4.82. The van der Waals surface area contributed by atoms with Crippen LogP contribution in [-0.4, -0.2) is 54.2 Å². The van der Waals surface area contributed by atoms with Gasteiger partial charge in [0, 0.05) is 20.8 Å². The van der Waals surface area contributed by atoms with Gasteiger partial charge < -0.3 is 24.1 Å². The normalized spacial score (nSPS) is 30.3. The molecule has 8 nitrogen and oxygen atoms in total. The van der Waals surface area contributed by atoms with Crippen molar-refractivity contribution in [3.63, 3.8) is 0 Å². The van der Waals surface area contributed by atoms with Gasteiger partial charge in [0.1, 0.15) is 6.10 Å². The van der Waals surface area contributed by atoms with Crippen molar-refractivity contribution in [2.45, 2.75) is 45.4 Å². The van der Waals surface area contributed by atoms with Gasteiger partial charge in [0.2, 0.25) is 6.29 Å². The van der Waals surface area contributed by atoms with Crippen molar-refractivity contribution >= 4 is 17.9 Å². The molecule has 0 aromatic rings. The predicted octanol–water partition coefficient (Wildman–Crippen LogP) is -0.870. The SMILES string of the molecule is CC(=O)O[C@H]1OC[C@@H](OC(C)=O)[C@@H](O)[C@H]1OC(C)=O. The molecule has 108 valence electrons. The Labute approximate surface area is 109 Å². The van der Waals surface area contributed by atoms with Crippen LogP contribution in [0.15, 0.2) is 0 Å². The number of aliphatic hydroxyl groups is 1. The summed E-state index contributed by atoms with van der Waals surface area (Å²) in [6.45, 7) is 3.29. The molecule has 0 radical (unpaired) electrons. The minimum absolute atomic E-state index is 0.170. The van der Waals surface area contributed by atoms with Gasteiger partial charge in [0.15, 0.2) is 12.2 Å². The second-order valence-corrected chi connectivity index (χ2v) is 4.02. The lowest BCUT2D eigenvalue weighted by Crippen LogP contribution is -2.56. The van der Waals surface area contributed by atoms with Crippen LogP contribution in [0.1, 0.15) is 20.8 Å². The highest BCUT2D eigenvalue weighted by Crippen LogP contribution is 2.22. The van der Waals surface area contributed by atoms with Gasteiger partial charge in [0.25, 0.3) is 0 Å². The maximum atomic E-state index is 11.0. The highest BCUT2D eigenvalue weighted by molar-refractivity contribution is 5.67. The van der Waals surface area contributed by atoms with Crippen LogP contribution in [0, 0.1) is 0 Å². The van der Waals surface area contributed by atoms with Crippen molar-refractivity contribution in [3.8, 4) is 0 Å². The number of carbonyl (C=O) groups excluding carboxylic acids is 3. The summed E-state index contributed by atoms with van der Waals surface area (Å²) in [5.41, 5.74) is 0. The summed E-state index contributed by atoms with van der Waals surface area (Å²) in [5, 5.41) is 9.98. The highest BCUT2D eigenvalue weighted by atomic mass is 16.7. The Morgan fingerprint density at radius 1 is 1.00 bits per heavy atom. The van der Waals surface area contributed by atoms with Crippen LogP contribution in [0.2, 0.25) is 0 Å². The molecule has 1 saturated heterocycles. The number of aliphatic hydroxyl groups excluding tert-OH is 1. The lowest BCUT2D eigenvalue weighted by atomic mass is 10.0. The van der Waals surface area contributed by atoms with Crippen LogP contribution in [0.5, 0.6) is 0 Å². The summed E-state index contributed by atoms with van der Waals surface area (Å²) in [7, 11) is 0. The Kier molecular flexibility index (Phi) is 5.25. The third-order valence-electron chi connectivity index (χ3n) is 2.31. The number of hydrogen-bond donors (Lipinski definition) is 1. The average Bonchev–Trinajstić information content (AvgIpc) is 2.26. The molecule has 4 atom stereocenters. The standard InChI is InChI=1S/C11H16O8/c1-5(12)17-8-4-16-11(19-7(3)14)10(9(8)15)18-6(2)13/h8-11,15H,4H2,1-3H3/t8-,9-,10-,11-/m1/s1. The van der Waals surface area contributed by atoms with E-state index in [2.05, 4.69) is 0 Å². The summed E-state index contributed by atoms with van der Waals surface area (Å²) in [6, 6.07) is 0. The molecule has 1 aliphatic heterocycles. The van der Waals surface area contributed by atoms with E-state index >= 15 is 0 Å². The van der Waals surface area contributed by atoms with Crippen LogP contribution in [0.25, 0.3) is 0 Å². The zero-order chi connectivity index (χ0) is 14.6. The van der Waals surface area contributed by atoms with Gasteiger partial charge in [-0.15, -0.1) is 0 Å². The van der Waals surface area contributed by atoms with Crippen molar-refractivity contribution in [3.05, 3.63) is 0 Å². The molecule has 1 N–H and O–H groups in total.